The molecule has 0 saturated heterocycles. The Balaban J connectivity index is -0.000000170. The van der Waals surface area contributed by atoms with Crippen molar-refractivity contribution in [1.82, 2.24) is 0 Å². The van der Waals surface area contributed by atoms with Gasteiger partial charge in [0.05, 0.1) is 19.8 Å². The molecule has 0 aliphatic carbocycles. The average Bonchev–Trinajstić information content (AvgIpc) is 2.73. The minimum absolute atomic E-state index is 0.156. The SMILES string of the molecule is CCC(CO)(CO)CO.O=C(O)/C=C/C(=O)O.O=C(O)/C=C/C(=O)O.O=C(O)/C=C/C(=O)O. The molecule has 15 nitrogen and oxygen atoms in total. The predicted octanol–water partition coefficient (Wildman–Crippen LogP) is -1.50. The van der Waals surface area contributed by atoms with Gasteiger partial charge in [-0.3, -0.25) is 0 Å². The highest BCUT2D eigenvalue weighted by Gasteiger charge is 2.24. The Morgan fingerprint density at radius 3 is 0.667 bits per heavy atom. The second-order valence-corrected chi connectivity index (χ2v) is 5.36. The summed E-state index contributed by atoms with van der Waals surface area (Å²) in [6, 6.07) is 0. The van der Waals surface area contributed by atoms with Crippen LogP contribution in [0.5, 0.6) is 0 Å². The third-order valence-corrected chi connectivity index (χ3v) is 2.86. The molecule has 0 saturated carbocycles. The number of carboxylic acids is 6. The number of aliphatic hydroxyl groups excluding tert-OH is 3. The first kappa shape index (κ1) is 36.3. The van der Waals surface area contributed by atoms with E-state index in [4.69, 9.17) is 46.0 Å². The molecule has 0 atom stereocenters. The van der Waals surface area contributed by atoms with Gasteiger partial charge in [0.2, 0.25) is 0 Å². The lowest BCUT2D eigenvalue weighted by molar-refractivity contribution is -0.134. The Labute approximate surface area is 186 Å². The zero-order chi connectivity index (χ0) is 27.0. The van der Waals surface area contributed by atoms with Crippen LogP contribution in [-0.4, -0.2) is 102 Å². The quantitative estimate of drug-likeness (QED) is 0.160. The van der Waals surface area contributed by atoms with E-state index >= 15 is 0 Å². The second-order valence-electron chi connectivity index (χ2n) is 5.36. The van der Waals surface area contributed by atoms with Crippen molar-refractivity contribution in [1.29, 1.82) is 0 Å². The van der Waals surface area contributed by atoms with Crippen molar-refractivity contribution >= 4 is 35.8 Å². The molecule has 0 amide bonds. The fourth-order valence-electron chi connectivity index (χ4n) is 0.913. The van der Waals surface area contributed by atoms with E-state index in [-0.39, 0.29) is 19.8 Å². The molecule has 0 bridgehead atoms. The molecule has 0 aromatic carbocycles. The van der Waals surface area contributed by atoms with Crippen LogP contribution in [-0.2, 0) is 28.8 Å². The first-order chi connectivity index (χ1) is 15.1. The third-order valence-electron chi connectivity index (χ3n) is 2.86. The summed E-state index contributed by atoms with van der Waals surface area (Å²) in [6.45, 7) is 1.35. The van der Waals surface area contributed by atoms with Gasteiger partial charge in [0.1, 0.15) is 0 Å². The molecule has 0 aromatic heterocycles. The molecule has 0 spiro atoms. The summed E-state index contributed by atoms with van der Waals surface area (Å²) in [5.74, 6) is -7.54. The molecule has 0 fully saturated rings. The summed E-state index contributed by atoms with van der Waals surface area (Å²) in [6.07, 6.45) is 3.94. The van der Waals surface area contributed by atoms with E-state index < -0.39 is 41.2 Å². The predicted molar refractivity (Wildman–Crippen MR) is 107 cm³/mol. The first-order valence-electron chi connectivity index (χ1n) is 8.37. The fourth-order valence-corrected chi connectivity index (χ4v) is 0.913. The maximum absolute atomic E-state index is 9.55. The van der Waals surface area contributed by atoms with Crippen molar-refractivity contribution in [3.63, 3.8) is 0 Å². The molecule has 188 valence electrons. The smallest absolute Gasteiger partial charge is 0.328 e. The first-order valence-corrected chi connectivity index (χ1v) is 8.37. The van der Waals surface area contributed by atoms with Gasteiger partial charge in [-0.05, 0) is 6.42 Å². The summed E-state index contributed by atoms with van der Waals surface area (Å²) in [4.78, 5) is 57.3. The van der Waals surface area contributed by atoms with E-state index in [0.717, 1.165) is 0 Å². The monoisotopic (exact) mass is 482 g/mol. The van der Waals surface area contributed by atoms with Crippen LogP contribution in [0, 0.1) is 5.41 Å². The summed E-state index contributed by atoms with van der Waals surface area (Å²) in [5, 5.41) is 72.8. The topological polar surface area (TPSA) is 284 Å². The lowest BCUT2D eigenvalue weighted by Crippen LogP contribution is -2.32. The minimum Gasteiger partial charge on any atom is -0.478 e. The van der Waals surface area contributed by atoms with Crippen molar-refractivity contribution in [3.8, 4) is 0 Å². The van der Waals surface area contributed by atoms with Crippen LogP contribution in [0.15, 0.2) is 36.5 Å². The van der Waals surface area contributed by atoms with Crippen molar-refractivity contribution in [2.45, 2.75) is 13.3 Å². The van der Waals surface area contributed by atoms with Crippen molar-refractivity contribution in [3.05, 3.63) is 36.5 Å². The van der Waals surface area contributed by atoms with Gasteiger partial charge in [-0.1, -0.05) is 6.92 Å². The van der Waals surface area contributed by atoms with Crippen LogP contribution in [0.25, 0.3) is 0 Å². The number of aliphatic carboxylic acids is 6. The molecule has 0 heterocycles. The number of hydrogen-bond donors (Lipinski definition) is 9. The zero-order valence-corrected chi connectivity index (χ0v) is 17.3. The number of aliphatic hydroxyl groups is 3. The van der Waals surface area contributed by atoms with Crippen molar-refractivity contribution in [2.24, 2.45) is 5.41 Å². The van der Waals surface area contributed by atoms with E-state index in [1.807, 2.05) is 6.92 Å². The average molecular weight is 482 g/mol. The van der Waals surface area contributed by atoms with Gasteiger partial charge in [0.15, 0.2) is 0 Å². The van der Waals surface area contributed by atoms with E-state index in [1.54, 1.807) is 0 Å². The molecular weight excluding hydrogens is 456 g/mol. The minimum atomic E-state index is -1.26. The lowest BCUT2D eigenvalue weighted by atomic mass is 9.88. The van der Waals surface area contributed by atoms with Gasteiger partial charge in [0, 0.05) is 41.9 Å². The molecule has 0 unspecified atom stereocenters. The Morgan fingerprint density at radius 2 is 0.636 bits per heavy atom. The fraction of sp³-hybridized carbons (Fsp3) is 0.333. The van der Waals surface area contributed by atoms with E-state index in [2.05, 4.69) is 0 Å². The summed E-state index contributed by atoms with van der Waals surface area (Å²) in [7, 11) is 0. The van der Waals surface area contributed by atoms with Gasteiger partial charge in [-0.2, -0.15) is 0 Å². The second kappa shape index (κ2) is 22.6. The van der Waals surface area contributed by atoms with E-state index in [0.29, 0.717) is 42.9 Å². The summed E-state index contributed by atoms with van der Waals surface area (Å²) in [5.41, 5.74) is -0.667. The highest BCUT2D eigenvalue weighted by molar-refractivity contribution is 5.90. The maximum atomic E-state index is 9.55. The Morgan fingerprint density at radius 1 is 0.485 bits per heavy atom. The van der Waals surface area contributed by atoms with Crippen LogP contribution in [0.2, 0.25) is 0 Å². The number of carbonyl (C=O) groups is 6. The van der Waals surface area contributed by atoms with Crippen LogP contribution in [0.3, 0.4) is 0 Å². The van der Waals surface area contributed by atoms with Gasteiger partial charge in [-0.15, -0.1) is 0 Å². The Kier molecular flexibility index (Phi) is 24.9. The Hall–Kier alpha value is -4.08. The van der Waals surface area contributed by atoms with Gasteiger partial charge in [0.25, 0.3) is 0 Å². The highest BCUT2D eigenvalue weighted by atomic mass is 16.4. The number of rotatable bonds is 10. The molecule has 33 heavy (non-hydrogen) atoms. The van der Waals surface area contributed by atoms with Crippen molar-refractivity contribution < 1.29 is 74.7 Å². The largest absolute Gasteiger partial charge is 0.478 e. The van der Waals surface area contributed by atoms with Gasteiger partial charge < -0.3 is 46.0 Å². The van der Waals surface area contributed by atoms with E-state index in [1.165, 1.54) is 0 Å². The molecule has 0 aromatic rings. The van der Waals surface area contributed by atoms with Crippen LogP contribution in [0.1, 0.15) is 13.3 Å². The standard InChI is InChI=1S/C6H14O3.3C4H4O4/c1-2-6(3-7,4-8)5-9;3*5-3(6)1-2-4(7)8/h7-9H,2-5H2,1H3;3*1-2H,(H,5,6)(H,7,8)/b;3*2-1+. The maximum Gasteiger partial charge on any atom is 0.328 e. The van der Waals surface area contributed by atoms with Gasteiger partial charge >= 0.3 is 35.8 Å². The van der Waals surface area contributed by atoms with Crippen LogP contribution >= 0.6 is 0 Å². The molecule has 0 aliphatic rings. The zero-order valence-electron chi connectivity index (χ0n) is 17.3. The number of hydrogen-bond acceptors (Lipinski definition) is 9. The third kappa shape index (κ3) is 35.7. The highest BCUT2D eigenvalue weighted by Crippen LogP contribution is 2.18. The summed E-state index contributed by atoms with van der Waals surface area (Å²) >= 11 is 0. The molecule has 0 rings (SSSR count). The Bertz CT molecular complexity index is 568. The molecule has 9 N–H and O–H groups in total. The molecule has 0 aliphatic heterocycles. The molecule has 15 heteroatoms. The number of carboxylic acid groups (broad SMARTS) is 6. The van der Waals surface area contributed by atoms with E-state index in [9.17, 15) is 28.8 Å². The van der Waals surface area contributed by atoms with Gasteiger partial charge in [-0.25, -0.2) is 28.8 Å². The molecular formula is C18H26O15. The summed E-state index contributed by atoms with van der Waals surface area (Å²) < 4.78 is 0. The molecule has 0 radical (unpaired) electrons. The van der Waals surface area contributed by atoms with Crippen molar-refractivity contribution in [2.75, 3.05) is 19.8 Å². The normalized spacial score (nSPS) is 10.2. The van der Waals surface area contributed by atoms with Crippen LogP contribution in [0.4, 0.5) is 0 Å². The lowest BCUT2D eigenvalue weighted by Gasteiger charge is -2.24. The van der Waals surface area contributed by atoms with Crippen LogP contribution < -0.4 is 0 Å².